The van der Waals surface area contributed by atoms with Gasteiger partial charge >= 0.3 is 0 Å². The highest BCUT2D eigenvalue weighted by Gasteiger charge is 2.21. The van der Waals surface area contributed by atoms with Crippen molar-refractivity contribution in [2.75, 3.05) is 14.2 Å². The molecule has 0 radical (unpaired) electrons. The molecular formula is C22H20N2O5S. The number of ether oxygens (including phenoxy) is 2. The summed E-state index contributed by atoms with van der Waals surface area (Å²) in [7, 11) is 3.18. The van der Waals surface area contributed by atoms with Gasteiger partial charge in [-0.15, -0.1) is 11.3 Å². The molecule has 1 aromatic carbocycles. The molecule has 0 unspecified atom stereocenters. The number of carbonyl (C=O) groups excluding carboxylic acids is 1. The molecule has 0 bridgehead atoms. The highest BCUT2D eigenvalue weighted by Crippen LogP contribution is 2.34. The molecule has 0 N–H and O–H groups in total. The second-order valence-electron chi connectivity index (χ2n) is 6.47. The van der Waals surface area contributed by atoms with E-state index in [9.17, 15) is 4.79 Å². The number of furan rings is 1. The van der Waals surface area contributed by atoms with Crippen molar-refractivity contribution in [2.45, 2.75) is 13.1 Å². The van der Waals surface area contributed by atoms with E-state index in [1.165, 1.54) is 11.3 Å². The maximum absolute atomic E-state index is 13.0. The Morgan fingerprint density at radius 2 is 2.00 bits per heavy atom. The van der Waals surface area contributed by atoms with Gasteiger partial charge in [-0.2, -0.15) is 0 Å². The van der Waals surface area contributed by atoms with Gasteiger partial charge in [0.05, 0.1) is 44.0 Å². The van der Waals surface area contributed by atoms with Crippen molar-refractivity contribution in [3.05, 3.63) is 76.5 Å². The highest BCUT2D eigenvalue weighted by molar-refractivity contribution is 7.12. The third-order valence-corrected chi connectivity index (χ3v) is 5.39. The van der Waals surface area contributed by atoms with E-state index in [1.54, 1.807) is 49.6 Å². The average molecular weight is 424 g/mol. The quantitative estimate of drug-likeness (QED) is 0.402. The van der Waals surface area contributed by atoms with Gasteiger partial charge in [0.1, 0.15) is 23.0 Å². The number of rotatable bonds is 8. The first-order valence-corrected chi connectivity index (χ1v) is 10.1. The fraction of sp³-hybridized carbons (Fsp3) is 0.182. The number of hydrogen-bond acceptors (Lipinski definition) is 7. The fourth-order valence-electron chi connectivity index (χ4n) is 3.06. The van der Waals surface area contributed by atoms with Crippen molar-refractivity contribution in [3.8, 4) is 22.8 Å². The minimum absolute atomic E-state index is 0.0898. The van der Waals surface area contributed by atoms with Gasteiger partial charge in [0.25, 0.3) is 5.91 Å². The molecule has 0 atom stereocenters. The summed E-state index contributed by atoms with van der Waals surface area (Å²) in [5.74, 6) is 2.44. The van der Waals surface area contributed by atoms with Crippen LogP contribution in [0.3, 0.4) is 0 Å². The molecule has 0 fully saturated rings. The standard InChI is InChI=1S/C22H20N2O5S/c1-26-16-7-8-18(19(12-16)27-2)20-11-15(23-29-20)13-24(14-17-5-3-9-28-17)22(25)21-6-4-10-30-21/h3-12H,13-14H2,1-2H3. The largest absolute Gasteiger partial charge is 0.497 e. The molecule has 7 nitrogen and oxygen atoms in total. The van der Waals surface area contributed by atoms with Crippen molar-refractivity contribution < 1.29 is 23.2 Å². The van der Waals surface area contributed by atoms with Gasteiger partial charge < -0.3 is 23.3 Å². The Labute approximate surface area is 177 Å². The molecule has 0 saturated carbocycles. The summed E-state index contributed by atoms with van der Waals surface area (Å²) < 4.78 is 21.7. The van der Waals surface area contributed by atoms with E-state index in [2.05, 4.69) is 5.16 Å². The van der Waals surface area contributed by atoms with Crippen molar-refractivity contribution >= 4 is 17.2 Å². The zero-order chi connectivity index (χ0) is 20.9. The second kappa shape index (κ2) is 8.87. The van der Waals surface area contributed by atoms with Crippen LogP contribution in [0.2, 0.25) is 0 Å². The smallest absolute Gasteiger partial charge is 0.264 e. The van der Waals surface area contributed by atoms with Crippen LogP contribution in [-0.2, 0) is 13.1 Å². The Morgan fingerprint density at radius 1 is 1.10 bits per heavy atom. The predicted molar refractivity (Wildman–Crippen MR) is 112 cm³/mol. The maximum Gasteiger partial charge on any atom is 0.264 e. The van der Waals surface area contributed by atoms with Crippen LogP contribution in [0.25, 0.3) is 11.3 Å². The van der Waals surface area contributed by atoms with E-state index >= 15 is 0 Å². The average Bonchev–Trinajstić information content (AvgIpc) is 3.55. The van der Waals surface area contributed by atoms with E-state index in [1.807, 2.05) is 29.6 Å². The minimum Gasteiger partial charge on any atom is -0.497 e. The fourth-order valence-corrected chi connectivity index (χ4v) is 3.75. The molecule has 0 aliphatic rings. The van der Waals surface area contributed by atoms with Gasteiger partial charge in [-0.05, 0) is 35.7 Å². The molecule has 154 valence electrons. The van der Waals surface area contributed by atoms with Gasteiger partial charge in [-0.1, -0.05) is 11.2 Å². The Morgan fingerprint density at radius 3 is 2.70 bits per heavy atom. The maximum atomic E-state index is 13.0. The molecule has 0 aliphatic heterocycles. The number of amides is 1. The third kappa shape index (κ3) is 4.23. The summed E-state index contributed by atoms with van der Waals surface area (Å²) in [6, 6.07) is 14.6. The zero-order valence-corrected chi connectivity index (χ0v) is 17.3. The van der Waals surface area contributed by atoms with Crippen molar-refractivity contribution in [1.29, 1.82) is 0 Å². The number of benzene rings is 1. The Balaban J connectivity index is 1.58. The van der Waals surface area contributed by atoms with Gasteiger partial charge in [-0.25, -0.2) is 0 Å². The molecule has 0 saturated heterocycles. The first kappa shape index (κ1) is 19.8. The molecule has 4 rings (SSSR count). The third-order valence-electron chi connectivity index (χ3n) is 4.53. The molecule has 1 amide bonds. The normalized spacial score (nSPS) is 10.7. The van der Waals surface area contributed by atoms with Gasteiger partial charge in [-0.3, -0.25) is 4.79 Å². The Bertz CT molecular complexity index is 1100. The van der Waals surface area contributed by atoms with Crippen LogP contribution >= 0.6 is 11.3 Å². The monoisotopic (exact) mass is 424 g/mol. The molecule has 30 heavy (non-hydrogen) atoms. The van der Waals surface area contributed by atoms with E-state index in [-0.39, 0.29) is 12.5 Å². The lowest BCUT2D eigenvalue weighted by molar-refractivity contribution is 0.0718. The van der Waals surface area contributed by atoms with Crippen molar-refractivity contribution in [1.82, 2.24) is 10.1 Å². The highest BCUT2D eigenvalue weighted by atomic mass is 32.1. The number of hydrogen-bond donors (Lipinski definition) is 0. The van der Waals surface area contributed by atoms with Crippen LogP contribution in [0, 0.1) is 0 Å². The number of aromatic nitrogens is 1. The Hall–Kier alpha value is -3.52. The number of methoxy groups -OCH3 is 2. The summed E-state index contributed by atoms with van der Waals surface area (Å²) >= 11 is 1.40. The van der Waals surface area contributed by atoms with Crippen LogP contribution in [0.15, 0.2) is 69.1 Å². The molecule has 4 aromatic rings. The van der Waals surface area contributed by atoms with E-state index < -0.39 is 0 Å². The van der Waals surface area contributed by atoms with Crippen LogP contribution in [0.5, 0.6) is 11.5 Å². The predicted octanol–water partition coefficient (Wildman–Crippen LogP) is 4.86. The Kier molecular flexibility index (Phi) is 5.85. The van der Waals surface area contributed by atoms with Gasteiger partial charge in [0.2, 0.25) is 0 Å². The van der Waals surface area contributed by atoms with E-state index in [4.69, 9.17) is 18.4 Å². The van der Waals surface area contributed by atoms with E-state index in [0.717, 1.165) is 5.56 Å². The van der Waals surface area contributed by atoms with Crippen LogP contribution in [0.4, 0.5) is 0 Å². The first-order valence-electron chi connectivity index (χ1n) is 9.21. The zero-order valence-electron chi connectivity index (χ0n) is 16.5. The SMILES string of the molecule is COc1ccc(-c2cc(CN(Cc3ccco3)C(=O)c3cccs3)no2)c(OC)c1. The lowest BCUT2D eigenvalue weighted by Crippen LogP contribution is -2.29. The van der Waals surface area contributed by atoms with Gasteiger partial charge in [0.15, 0.2) is 5.76 Å². The van der Waals surface area contributed by atoms with Crippen LogP contribution in [0.1, 0.15) is 21.1 Å². The summed E-state index contributed by atoms with van der Waals surface area (Å²) in [6.07, 6.45) is 1.59. The number of thiophene rings is 1. The lowest BCUT2D eigenvalue weighted by Gasteiger charge is -2.19. The first-order chi connectivity index (χ1) is 14.7. The molecule has 0 aliphatic carbocycles. The molecular weight excluding hydrogens is 404 g/mol. The van der Waals surface area contributed by atoms with Crippen molar-refractivity contribution in [3.63, 3.8) is 0 Å². The summed E-state index contributed by atoms with van der Waals surface area (Å²) in [6.45, 7) is 0.608. The van der Waals surface area contributed by atoms with Gasteiger partial charge in [0, 0.05) is 12.1 Å². The van der Waals surface area contributed by atoms with Crippen LogP contribution in [-0.4, -0.2) is 30.2 Å². The topological polar surface area (TPSA) is 77.9 Å². The molecule has 8 heteroatoms. The molecule has 0 spiro atoms. The summed E-state index contributed by atoms with van der Waals surface area (Å²) in [4.78, 5) is 15.3. The summed E-state index contributed by atoms with van der Waals surface area (Å²) in [5, 5.41) is 6.04. The minimum atomic E-state index is -0.0898. The second-order valence-corrected chi connectivity index (χ2v) is 7.41. The number of carbonyl (C=O) groups is 1. The van der Waals surface area contributed by atoms with E-state index in [0.29, 0.717) is 40.1 Å². The number of nitrogens with zero attached hydrogens (tertiary/aromatic N) is 2. The van der Waals surface area contributed by atoms with Crippen molar-refractivity contribution in [2.24, 2.45) is 0 Å². The molecule has 3 heterocycles. The lowest BCUT2D eigenvalue weighted by atomic mass is 10.1. The summed E-state index contributed by atoms with van der Waals surface area (Å²) in [5.41, 5.74) is 1.37. The van der Waals surface area contributed by atoms with Crippen LogP contribution < -0.4 is 9.47 Å². The molecule has 3 aromatic heterocycles.